The molecule has 0 bridgehead atoms. The number of carbonyl (C=O) groups is 1. The van der Waals surface area contributed by atoms with Crippen LogP contribution in [0.15, 0.2) is 42.5 Å². The van der Waals surface area contributed by atoms with E-state index in [4.69, 9.17) is 21.1 Å². The molecule has 0 aliphatic heterocycles. The van der Waals surface area contributed by atoms with Crippen LogP contribution in [0.3, 0.4) is 0 Å². The molecule has 4 heteroatoms. The fraction of sp³-hybridized carbons (Fsp3) is 0.133. The first-order valence-electron chi connectivity index (χ1n) is 5.73. The van der Waals surface area contributed by atoms with Gasteiger partial charge in [-0.05, 0) is 35.9 Å². The minimum atomic E-state index is 0.360. The molecule has 3 nitrogen and oxygen atoms in total. The zero-order valence-electron chi connectivity index (χ0n) is 10.4. The monoisotopic (exact) mass is 276 g/mol. The lowest BCUT2D eigenvalue weighted by Crippen LogP contribution is -1.98. The number of carbonyl (C=O) groups excluding carboxylic acids is 1. The number of aldehydes is 1. The number of hydrogen-bond acceptors (Lipinski definition) is 3. The van der Waals surface area contributed by atoms with E-state index in [1.807, 2.05) is 18.2 Å². The van der Waals surface area contributed by atoms with Crippen molar-refractivity contribution in [3.63, 3.8) is 0 Å². The van der Waals surface area contributed by atoms with Gasteiger partial charge in [0.15, 0.2) is 11.5 Å². The Morgan fingerprint density at radius 3 is 2.68 bits per heavy atom. The first-order chi connectivity index (χ1) is 9.22. The van der Waals surface area contributed by atoms with E-state index in [1.165, 1.54) is 0 Å². The largest absolute Gasteiger partial charge is 0.493 e. The first kappa shape index (κ1) is 13.4. The molecule has 0 aliphatic rings. The molecular formula is C15H13ClO3. The van der Waals surface area contributed by atoms with Crippen molar-refractivity contribution in [2.75, 3.05) is 7.11 Å². The fourth-order valence-electron chi connectivity index (χ4n) is 1.67. The minimum Gasteiger partial charge on any atom is -0.493 e. The zero-order valence-corrected chi connectivity index (χ0v) is 11.2. The summed E-state index contributed by atoms with van der Waals surface area (Å²) in [5.74, 6) is 1.12. The van der Waals surface area contributed by atoms with Gasteiger partial charge in [0.1, 0.15) is 12.9 Å². The average molecular weight is 277 g/mol. The van der Waals surface area contributed by atoms with Crippen molar-refractivity contribution in [1.82, 2.24) is 0 Å². The van der Waals surface area contributed by atoms with Crippen molar-refractivity contribution in [2.45, 2.75) is 6.61 Å². The Morgan fingerprint density at radius 1 is 1.16 bits per heavy atom. The van der Waals surface area contributed by atoms with E-state index in [2.05, 4.69) is 0 Å². The molecule has 2 rings (SSSR count). The SMILES string of the molecule is COc1ccc(C=O)cc1OCc1cccc(Cl)c1. The van der Waals surface area contributed by atoms with Gasteiger partial charge in [-0.25, -0.2) is 0 Å². The number of halogens is 1. The maximum Gasteiger partial charge on any atom is 0.162 e. The van der Waals surface area contributed by atoms with E-state index >= 15 is 0 Å². The smallest absolute Gasteiger partial charge is 0.162 e. The second-order valence-electron chi connectivity index (χ2n) is 3.95. The quantitative estimate of drug-likeness (QED) is 0.781. The second kappa shape index (κ2) is 6.25. The van der Waals surface area contributed by atoms with Gasteiger partial charge in [0, 0.05) is 10.6 Å². The molecule has 0 amide bonds. The van der Waals surface area contributed by atoms with Crippen molar-refractivity contribution < 1.29 is 14.3 Å². The number of methoxy groups -OCH3 is 1. The Morgan fingerprint density at radius 2 is 2.00 bits per heavy atom. The molecule has 0 N–H and O–H groups in total. The van der Waals surface area contributed by atoms with Crippen molar-refractivity contribution >= 4 is 17.9 Å². The molecule has 0 radical (unpaired) electrons. The maximum absolute atomic E-state index is 10.8. The topological polar surface area (TPSA) is 35.5 Å². The summed E-state index contributed by atoms with van der Waals surface area (Å²) in [7, 11) is 1.56. The maximum atomic E-state index is 10.8. The van der Waals surface area contributed by atoms with E-state index in [0.29, 0.717) is 28.7 Å². The van der Waals surface area contributed by atoms with E-state index < -0.39 is 0 Å². The fourth-order valence-corrected chi connectivity index (χ4v) is 1.88. The van der Waals surface area contributed by atoms with Crippen LogP contribution < -0.4 is 9.47 Å². The summed E-state index contributed by atoms with van der Waals surface area (Å²) >= 11 is 5.91. The van der Waals surface area contributed by atoms with Crippen molar-refractivity contribution in [1.29, 1.82) is 0 Å². The van der Waals surface area contributed by atoms with Gasteiger partial charge in [0.2, 0.25) is 0 Å². The van der Waals surface area contributed by atoms with Crippen LogP contribution in [0.2, 0.25) is 5.02 Å². The lowest BCUT2D eigenvalue weighted by Gasteiger charge is -2.11. The molecule has 0 atom stereocenters. The molecule has 0 aromatic heterocycles. The van der Waals surface area contributed by atoms with Gasteiger partial charge in [0.25, 0.3) is 0 Å². The van der Waals surface area contributed by atoms with Crippen molar-refractivity contribution in [3.05, 3.63) is 58.6 Å². The van der Waals surface area contributed by atoms with E-state index in [-0.39, 0.29) is 0 Å². The molecule has 0 aliphatic carbocycles. The second-order valence-corrected chi connectivity index (χ2v) is 4.38. The predicted octanol–water partition coefficient (Wildman–Crippen LogP) is 3.74. The van der Waals surface area contributed by atoms with Gasteiger partial charge in [-0.15, -0.1) is 0 Å². The standard InChI is InChI=1S/C15H13ClO3/c1-18-14-6-5-11(9-17)8-15(14)19-10-12-3-2-4-13(16)7-12/h2-9H,10H2,1H3. The third-order valence-electron chi connectivity index (χ3n) is 2.61. The van der Waals surface area contributed by atoms with Gasteiger partial charge in [-0.1, -0.05) is 23.7 Å². The lowest BCUT2D eigenvalue weighted by atomic mass is 10.2. The summed E-state index contributed by atoms with van der Waals surface area (Å²) in [6, 6.07) is 12.4. The summed E-state index contributed by atoms with van der Waals surface area (Å²) in [5, 5.41) is 0.662. The van der Waals surface area contributed by atoms with Gasteiger partial charge < -0.3 is 9.47 Å². The summed E-state index contributed by atoms with van der Waals surface area (Å²) in [6.45, 7) is 0.360. The van der Waals surface area contributed by atoms with Gasteiger partial charge in [0.05, 0.1) is 7.11 Å². The normalized spacial score (nSPS) is 10.0. The molecule has 19 heavy (non-hydrogen) atoms. The number of hydrogen-bond donors (Lipinski definition) is 0. The van der Waals surface area contributed by atoms with Crippen molar-refractivity contribution in [2.24, 2.45) is 0 Å². The van der Waals surface area contributed by atoms with Crippen LogP contribution >= 0.6 is 11.6 Å². The molecule has 0 unspecified atom stereocenters. The molecule has 0 saturated carbocycles. The molecule has 0 spiro atoms. The highest BCUT2D eigenvalue weighted by Gasteiger charge is 2.06. The summed E-state index contributed by atoms with van der Waals surface area (Å²) in [6.07, 6.45) is 0.770. The summed E-state index contributed by atoms with van der Waals surface area (Å²) in [4.78, 5) is 10.8. The van der Waals surface area contributed by atoms with Crippen LogP contribution in [0.4, 0.5) is 0 Å². The van der Waals surface area contributed by atoms with Crippen molar-refractivity contribution in [3.8, 4) is 11.5 Å². The van der Waals surface area contributed by atoms with E-state index in [0.717, 1.165) is 11.8 Å². The lowest BCUT2D eigenvalue weighted by molar-refractivity contribution is 0.112. The Kier molecular flexibility index (Phi) is 4.42. The Hall–Kier alpha value is -2.00. The number of rotatable bonds is 5. The molecule has 0 heterocycles. The molecule has 2 aromatic carbocycles. The van der Waals surface area contributed by atoms with Gasteiger partial charge in [-0.2, -0.15) is 0 Å². The van der Waals surface area contributed by atoms with E-state index in [1.54, 1.807) is 31.4 Å². The first-order valence-corrected chi connectivity index (χ1v) is 6.11. The van der Waals surface area contributed by atoms with Crippen LogP contribution in [0.5, 0.6) is 11.5 Å². The predicted molar refractivity (Wildman–Crippen MR) is 74.2 cm³/mol. The van der Waals surface area contributed by atoms with Crippen LogP contribution in [-0.2, 0) is 6.61 Å². The average Bonchev–Trinajstić information content (AvgIpc) is 2.45. The highest BCUT2D eigenvalue weighted by Crippen LogP contribution is 2.28. The summed E-state index contributed by atoms with van der Waals surface area (Å²) < 4.78 is 10.9. The third-order valence-corrected chi connectivity index (χ3v) is 2.84. The summed E-state index contributed by atoms with van der Waals surface area (Å²) in [5.41, 5.74) is 1.49. The zero-order chi connectivity index (χ0) is 13.7. The molecule has 0 saturated heterocycles. The van der Waals surface area contributed by atoms with E-state index in [9.17, 15) is 4.79 Å². The molecule has 98 valence electrons. The molecular weight excluding hydrogens is 264 g/mol. The number of benzene rings is 2. The van der Waals surface area contributed by atoms with Crippen LogP contribution in [-0.4, -0.2) is 13.4 Å². The van der Waals surface area contributed by atoms with Gasteiger partial charge in [-0.3, -0.25) is 4.79 Å². The van der Waals surface area contributed by atoms with Crippen LogP contribution in [0.25, 0.3) is 0 Å². The highest BCUT2D eigenvalue weighted by molar-refractivity contribution is 6.30. The Labute approximate surface area is 116 Å². The highest BCUT2D eigenvalue weighted by atomic mass is 35.5. The number of ether oxygens (including phenoxy) is 2. The molecule has 0 fully saturated rings. The Balaban J connectivity index is 2.16. The van der Waals surface area contributed by atoms with Gasteiger partial charge >= 0.3 is 0 Å². The van der Waals surface area contributed by atoms with Crippen LogP contribution in [0, 0.1) is 0 Å². The van der Waals surface area contributed by atoms with Crippen LogP contribution in [0.1, 0.15) is 15.9 Å². The Bertz CT molecular complexity index is 581. The molecule has 2 aromatic rings. The third kappa shape index (κ3) is 3.48. The minimum absolute atomic E-state index is 0.360.